The fourth-order valence-corrected chi connectivity index (χ4v) is 4.97. The van der Waals surface area contributed by atoms with Crippen molar-refractivity contribution >= 4 is 17.7 Å². The van der Waals surface area contributed by atoms with Crippen molar-refractivity contribution in [2.75, 3.05) is 33.8 Å². The average molecular weight is 544 g/mol. The maximum Gasteiger partial charge on any atom is 0.254 e. The minimum atomic E-state index is -0.439. The van der Waals surface area contributed by atoms with E-state index in [-0.39, 0.29) is 37.4 Å². The molecule has 3 amide bonds. The third-order valence-electron chi connectivity index (χ3n) is 7.16. The van der Waals surface area contributed by atoms with E-state index in [1.165, 1.54) is 4.90 Å². The zero-order valence-electron chi connectivity index (χ0n) is 22.9. The first-order chi connectivity index (χ1) is 19.3. The van der Waals surface area contributed by atoms with Gasteiger partial charge in [0.05, 0.1) is 31.9 Å². The van der Waals surface area contributed by atoms with Crippen molar-refractivity contribution in [3.8, 4) is 11.5 Å². The Morgan fingerprint density at radius 2 is 1.85 bits per heavy atom. The number of amides is 3. The van der Waals surface area contributed by atoms with Crippen LogP contribution >= 0.6 is 0 Å². The van der Waals surface area contributed by atoms with E-state index in [2.05, 4.69) is 5.32 Å². The number of hydrogen-bond acceptors (Lipinski definition) is 6. The molecule has 0 spiro atoms. The summed E-state index contributed by atoms with van der Waals surface area (Å²) in [5, 5.41) is 3.00. The molecular weight excluding hydrogens is 510 g/mol. The molecule has 2 atom stereocenters. The summed E-state index contributed by atoms with van der Waals surface area (Å²) in [6.45, 7) is 3.12. The Labute approximate surface area is 233 Å². The quantitative estimate of drug-likeness (QED) is 0.543. The molecule has 4 bridgehead atoms. The van der Waals surface area contributed by atoms with Gasteiger partial charge in [-0.25, -0.2) is 0 Å². The van der Waals surface area contributed by atoms with Crippen molar-refractivity contribution in [2.24, 2.45) is 0 Å². The number of benzene rings is 3. The van der Waals surface area contributed by atoms with Gasteiger partial charge in [0.15, 0.2) is 0 Å². The van der Waals surface area contributed by atoms with Crippen LogP contribution in [0.25, 0.3) is 0 Å². The summed E-state index contributed by atoms with van der Waals surface area (Å²) in [4.78, 5) is 42.6. The molecule has 1 saturated heterocycles. The predicted molar refractivity (Wildman–Crippen MR) is 148 cm³/mol. The van der Waals surface area contributed by atoms with E-state index in [0.717, 1.165) is 16.7 Å². The lowest BCUT2D eigenvalue weighted by Crippen LogP contribution is -2.48. The van der Waals surface area contributed by atoms with Gasteiger partial charge in [-0.15, -0.1) is 0 Å². The lowest BCUT2D eigenvalue weighted by molar-refractivity contribution is -0.123. The Balaban J connectivity index is 1.39. The summed E-state index contributed by atoms with van der Waals surface area (Å²) in [5.41, 5.74) is 3.72. The van der Waals surface area contributed by atoms with Crippen LogP contribution in [-0.4, -0.2) is 73.5 Å². The van der Waals surface area contributed by atoms with Crippen molar-refractivity contribution in [1.82, 2.24) is 15.1 Å². The monoisotopic (exact) mass is 543 g/mol. The molecule has 1 fully saturated rings. The van der Waals surface area contributed by atoms with E-state index in [0.29, 0.717) is 35.8 Å². The van der Waals surface area contributed by atoms with E-state index < -0.39 is 12.1 Å². The van der Waals surface area contributed by atoms with Crippen LogP contribution in [0, 0.1) is 6.92 Å². The van der Waals surface area contributed by atoms with Crippen LogP contribution < -0.4 is 10.1 Å². The Hall–Kier alpha value is -4.21. The molecule has 0 unspecified atom stereocenters. The van der Waals surface area contributed by atoms with Gasteiger partial charge in [0.2, 0.25) is 5.91 Å². The van der Waals surface area contributed by atoms with Crippen molar-refractivity contribution < 1.29 is 28.6 Å². The molecule has 208 valence electrons. The molecule has 3 aromatic carbocycles. The van der Waals surface area contributed by atoms with E-state index in [9.17, 15) is 14.4 Å². The molecule has 3 aromatic rings. The molecule has 0 aromatic heterocycles. The van der Waals surface area contributed by atoms with Gasteiger partial charge in [-0.3, -0.25) is 14.4 Å². The van der Waals surface area contributed by atoms with Crippen molar-refractivity contribution in [1.29, 1.82) is 0 Å². The fourth-order valence-electron chi connectivity index (χ4n) is 4.97. The number of fused-ring (bicyclic) bond motifs is 5. The number of rotatable bonds is 3. The van der Waals surface area contributed by atoms with Crippen LogP contribution in [0.15, 0.2) is 66.7 Å². The number of ether oxygens (including phenoxy) is 3. The van der Waals surface area contributed by atoms with Crippen LogP contribution in [0.4, 0.5) is 0 Å². The summed E-state index contributed by atoms with van der Waals surface area (Å²) in [6, 6.07) is 19.7. The average Bonchev–Trinajstić information content (AvgIpc) is 3.35. The van der Waals surface area contributed by atoms with Gasteiger partial charge in [0.1, 0.15) is 11.5 Å². The first-order valence-electron chi connectivity index (χ1n) is 13.2. The molecule has 9 nitrogen and oxygen atoms in total. The van der Waals surface area contributed by atoms with Crippen LogP contribution in [-0.2, 0) is 27.5 Å². The maximum absolute atomic E-state index is 13.3. The predicted octanol–water partition coefficient (Wildman–Crippen LogP) is 3.55. The van der Waals surface area contributed by atoms with Crippen molar-refractivity contribution in [3.63, 3.8) is 0 Å². The first-order valence-corrected chi connectivity index (χ1v) is 13.2. The molecule has 2 aliphatic heterocycles. The molecule has 2 aliphatic rings. The summed E-state index contributed by atoms with van der Waals surface area (Å²) in [5.74, 6) is 0.421. The summed E-state index contributed by atoms with van der Waals surface area (Å²) >= 11 is 0. The highest BCUT2D eigenvalue weighted by atomic mass is 16.5. The third-order valence-corrected chi connectivity index (χ3v) is 7.16. The normalized spacial score (nSPS) is 19.6. The first kappa shape index (κ1) is 27.4. The Bertz CT molecular complexity index is 1410. The van der Waals surface area contributed by atoms with E-state index in [4.69, 9.17) is 14.2 Å². The lowest BCUT2D eigenvalue weighted by atomic mass is 10.1. The zero-order chi connectivity index (χ0) is 28.2. The van der Waals surface area contributed by atoms with Crippen LogP contribution in [0.3, 0.4) is 0 Å². The van der Waals surface area contributed by atoms with Crippen LogP contribution in [0.1, 0.15) is 37.4 Å². The molecule has 9 heteroatoms. The van der Waals surface area contributed by atoms with Crippen molar-refractivity contribution in [3.05, 3.63) is 94.5 Å². The zero-order valence-corrected chi connectivity index (χ0v) is 22.9. The number of nitrogens with zero attached hydrogens (tertiary/aromatic N) is 2. The standard InChI is InChI=1S/C31H33N3O6/c1-20-7-10-24-14-27(20)40-25-6-4-5-22(13-25)19-39-28-16-34(15-26(28)32-29(35)17-33(2)30(24)36)31(37)23-11-8-21(9-12-23)18-38-3/h4-14,26,28H,15-19H2,1-3H3,(H,32,35)/t26-,28-/m0/s1. The van der Waals surface area contributed by atoms with E-state index >= 15 is 0 Å². The molecule has 5 rings (SSSR count). The summed E-state index contributed by atoms with van der Waals surface area (Å²) in [6.07, 6.45) is -0.436. The molecule has 0 radical (unpaired) electrons. The van der Waals surface area contributed by atoms with Gasteiger partial charge >= 0.3 is 0 Å². The smallest absolute Gasteiger partial charge is 0.254 e. The molecule has 0 saturated carbocycles. The molecule has 2 heterocycles. The molecule has 0 aliphatic carbocycles. The summed E-state index contributed by atoms with van der Waals surface area (Å²) < 4.78 is 17.6. The maximum atomic E-state index is 13.3. The number of carbonyl (C=O) groups excluding carboxylic acids is 3. The highest BCUT2D eigenvalue weighted by Crippen LogP contribution is 2.28. The second-order valence-electron chi connectivity index (χ2n) is 10.3. The van der Waals surface area contributed by atoms with E-state index in [1.54, 1.807) is 43.3 Å². The van der Waals surface area contributed by atoms with Gasteiger partial charge in [-0.05, 0) is 60.0 Å². The molecular formula is C31H33N3O6. The minimum absolute atomic E-state index is 0.139. The number of nitrogens with one attached hydrogen (secondary N) is 1. The van der Waals surface area contributed by atoms with Crippen LogP contribution in [0.2, 0.25) is 0 Å². The summed E-state index contributed by atoms with van der Waals surface area (Å²) in [7, 11) is 3.21. The van der Waals surface area contributed by atoms with Crippen LogP contribution in [0.5, 0.6) is 11.5 Å². The topological polar surface area (TPSA) is 97.4 Å². The number of aryl methyl sites for hydroxylation is 1. The highest BCUT2D eigenvalue weighted by Gasteiger charge is 2.37. The number of carbonyl (C=O) groups is 3. The van der Waals surface area contributed by atoms with Gasteiger partial charge in [0, 0.05) is 38.4 Å². The molecule has 40 heavy (non-hydrogen) atoms. The number of hydrogen-bond donors (Lipinski definition) is 1. The highest BCUT2D eigenvalue weighted by molar-refractivity contribution is 5.97. The Morgan fingerprint density at radius 3 is 2.62 bits per heavy atom. The van der Waals surface area contributed by atoms with Gasteiger partial charge in [0.25, 0.3) is 11.8 Å². The third kappa shape index (κ3) is 6.16. The van der Waals surface area contributed by atoms with Gasteiger partial charge < -0.3 is 29.3 Å². The van der Waals surface area contributed by atoms with Gasteiger partial charge in [-0.2, -0.15) is 0 Å². The molecule has 1 N–H and O–H groups in total. The fraction of sp³-hybridized carbons (Fsp3) is 0.323. The number of methoxy groups -OCH3 is 1. The van der Waals surface area contributed by atoms with E-state index in [1.807, 2.05) is 49.4 Å². The Kier molecular flexibility index (Phi) is 8.14. The largest absolute Gasteiger partial charge is 0.457 e. The Morgan fingerprint density at radius 1 is 1.05 bits per heavy atom. The second-order valence-corrected chi connectivity index (χ2v) is 10.3. The lowest BCUT2D eigenvalue weighted by Gasteiger charge is -2.23. The number of likely N-dealkylation sites (N-methyl/N-ethyl adjacent to an activating group) is 1. The number of likely N-dealkylation sites (tertiary alicyclic amines) is 1. The SMILES string of the molecule is COCc1ccc(C(=O)N2C[C@@H]3NC(=O)CN(C)C(=O)c4ccc(C)c(c4)Oc4cccc(c4)CO[C@H]3C2)cc1. The van der Waals surface area contributed by atoms with Gasteiger partial charge in [-0.1, -0.05) is 30.3 Å². The van der Waals surface area contributed by atoms with Crippen molar-refractivity contribution in [2.45, 2.75) is 32.3 Å². The second kappa shape index (κ2) is 11.9. The minimum Gasteiger partial charge on any atom is -0.457 e.